The summed E-state index contributed by atoms with van der Waals surface area (Å²) in [7, 11) is -4.66. The molecule has 0 aliphatic heterocycles. The molecule has 0 N–H and O–H groups in total. The molecule has 9 nitrogen and oxygen atoms in total. The van der Waals surface area contributed by atoms with Gasteiger partial charge in [0, 0.05) is 25.5 Å². The van der Waals surface area contributed by atoms with Crippen molar-refractivity contribution in [3.63, 3.8) is 0 Å². The summed E-state index contributed by atoms with van der Waals surface area (Å²) in [5.41, 5.74) is 1.81. The molecule has 4 aromatic carbocycles. The van der Waals surface area contributed by atoms with E-state index in [1.807, 2.05) is 89.2 Å². The standard InChI is InChI=1S/C32H36NO5S.C7H8O3S/c1-5-34-24(3)37-27-13-17-30(18-14-27)39(31-19-15-28(16-20-31)38-25(4)35-6-2)32-12-9-11-29(22-32)36-23-26-10-7-8-21-33-26;1-6-2-4-7(5-3-6)11(8,9)10/h7-22,24-25H,5-6,23H2,1-4H3;2-5H,1H3,(H,8,9,10)/q+1;/p-1. The Hall–Kier alpha value is -4.39. The Morgan fingerprint density at radius 2 is 1.24 bits per heavy atom. The second kappa shape index (κ2) is 19.1. The number of rotatable bonds is 15. The maximum Gasteiger partial charge on any atom is 0.196 e. The summed E-state index contributed by atoms with van der Waals surface area (Å²) < 4.78 is 60.1. The maximum absolute atomic E-state index is 10.4. The first kappa shape index (κ1) is 38.4. The number of nitrogens with zero attached hydrogens (tertiary/aromatic N) is 1. The van der Waals surface area contributed by atoms with Gasteiger partial charge in [-0.1, -0.05) is 29.8 Å². The summed E-state index contributed by atoms with van der Waals surface area (Å²) in [5.74, 6) is 2.33. The fourth-order valence-corrected chi connectivity index (χ4v) is 7.23. The van der Waals surface area contributed by atoms with E-state index in [1.165, 1.54) is 12.1 Å². The second-order valence-corrected chi connectivity index (χ2v) is 14.3. The monoisotopic (exact) mass is 717 g/mol. The largest absolute Gasteiger partial charge is 0.744 e. The molecule has 5 aromatic rings. The highest BCUT2D eigenvalue weighted by Crippen LogP contribution is 2.35. The fraction of sp³-hybridized carbons (Fsp3) is 0.256. The lowest BCUT2D eigenvalue weighted by atomic mass is 10.2. The van der Waals surface area contributed by atoms with E-state index in [4.69, 9.17) is 23.7 Å². The molecule has 0 radical (unpaired) electrons. The number of aromatic nitrogens is 1. The van der Waals surface area contributed by atoms with Crippen molar-refractivity contribution in [3.8, 4) is 17.2 Å². The molecule has 11 heteroatoms. The zero-order chi connectivity index (χ0) is 35.9. The summed E-state index contributed by atoms with van der Waals surface area (Å²) in [4.78, 5) is 7.64. The first-order chi connectivity index (χ1) is 24.0. The highest BCUT2D eigenvalue weighted by atomic mass is 32.2. The molecule has 1 aromatic heterocycles. The molecule has 0 saturated carbocycles. The van der Waals surface area contributed by atoms with Gasteiger partial charge < -0.3 is 28.2 Å². The third-order valence-corrected chi connectivity index (χ3v) is 10.1. The van der Waals surface area contributed by atoms with Gasteiger partial charge in [0.1, 0.15) is 34.0 Å². The minimum Gasteiger partial charge on any atom is -0.744 e. The topological polar surface area (TPSA) is 116 Å². The van der Waals surface area contributed by atoms with Gasteiger partial charge in [0.15, 0.2) is 27.3 Å². The molecule has 0 spiro atoms. The van der Waals surface area contributed by atoms with E-state index in [0.29, 0.717) is 19.8 Å². The van der Waals surface area contributed by atoms with Crippen LogP contribution in [0, 0.1) is 6.92 Å². The predicted molar refractivity (Wildman–Crippen MR) is 193 cm³/mol. The van der Waals surface area contributed by atoms with Gasteiger partial charge in [0.2, 0.25) is 0 Å². The van der Waals surface area contributed by atoms with Gasteiger partial charge in [-0.3, -0.25) is 4.98 Å². The van der Waals surface area contributed by atoms with Gasteiger partial charge in [0.05, 0.1) is 21.5 Å². The van der Waals surface area contributed by atoms with Crippen LogP contribution in [0.2, 0.25) is 0 Å². The van der Waals surface area contributed by atoms with Crippen molar-refractivity contribution in [2.24, 2.45) is 0 Å². The van der Waals surface area contributed by atoms with Gasteiger partial charge in [-0.05, 0) is 120 Å². The van der Waals surface area contributed by atoms with Crippen molar-refractivity contribution in [1.29, 1.82) is 0 Å². The van der Waals surface area contributed by atoms with Crippen molar-refractivity contribution >= 4 is 21.0 Å². The SMILES string of the molecule is CCOC(C)Oc1ccc([S+](c2ccc(OC(C)OCC)cc2)c2cccc(OCc3ccccn3)c2)cc1.Cc1ccc(S(=O)(=O)[O-])cc1. The molecule has 0 bridgehead atoms. The summed E-state index contributed by atoms with van der Waals surface area (Å²) in [5, 5.41) is 0. The van der Waals surface area contributed by atoms with Crippen LogP contribution in [0.1, 0.15) is 39.0 Å². The zero-order valence-electron chi connectivity index (χ0n) is 28.9. The molecule has 0 fully saturated rings. The number of benzene rings is 4. The van der Waals surface area contributed by atoms with Crippen LogP contribution in [0.15, 0.2) is 141 Å². The lowest BCUT2D eigenvalue weighted by molar-refractivity contribution is -0.0616. The van der Waals surface area contributed by atoms with Crippen molar-refractivity contribution in [1.82, 2.24) is 4.98 Å². The van der Waals surface area contributed by atoms with Crippen LogP contribution in [0.4, 0.5) is 0 Å². The van der Waals surface area contributed by atoms with Crippen LogP contribution in [0.5, 0.6) is 17.2 Å². The Morgan fingerprint density at radius 1 is 0.680 bits per heavy atom. The third kappa shape index (κ3) is 12.2. The first-order valence-electron chi connectivity index (χ1n) is 16.2. The Labute approximate surface area is 298 Å². The van der Waals surface area contributed by atoms with E-state index in [9.17, 15) is 13.0 Å². The van der Waals surface area contributed by atoms with E-state index in [-0.39, 0.29) is 17.5 Å². The van der Waals surface area contributed by atoms with Gasteiger partial charge in [0.25, 0.3) is 0 Å². The molecule has 5 rings (SSSR count). The summed E-state index contributed by atoms with van der Waals surface area (Å²) in [6.07, 6.45) is 1.16. The minimum atomic E-state index is -4.27. The Balaban J connectivity index is 0.000000435. The minimum absolute atomic E-state index is 0.178. The first-order valence-corrected chi connectivity index (χ1v) is 18.8. The molecule has 0 saturated heterocycles. The summed E-state index contributed by atoms with van der Waals surface area (Å²) in [6, 6.07) is 36.3. The average Bonchev–Trinajstić information content (AvgIpc) is 3.10. The van der Waals surface area contributed by atoms with Crippen molar-refractivity contribution in [2.75, 3.05) is 13.2 Å². The molecular weight excluding hydrogens is 675 g/mol. The molecule has 2 unspecified atom stereocenters. The van der Waals surface area contributed by atoms with Crippen LogP contribution in [-0.2, 0) is 37.1 Å². The van der Waals surface area contributed by atoms with E-state index < -0.39 is 21.0 Å². The molecule has 2 atom stereocenters. The maximum atomic E-state index is 10.4. The quantitative estimate of drug-likeness (QED) is 0.0601. The van der Waals surface area contributed by atoms with E-state index >= 15 is 0 Å². The molecular formula is C39H43NO8S2. The smallest absolute Gasteiger partial charge is 0.196 e. The van der Waals surface area contributed by atoms with Crippen LogP contribution in [-0.4, -0.2) is 43.7 Å². The lowest BCUT2D eigenvalue weighted by Crippen LogP contribution is -2.16. The second-order valence-electron chi connectivity index (χ2n) is 10.9. The van der Waals surface area contributed by atoms with Crippen molar-refractivity contribution in [2.45, 2.75) is 73.4 Å². The van der Waals surface area contributed by atoms with E-state index in [0.717, 1.165) is 43.2 Å². The van der Waals surface area contributed by atoms with Crippen molar-refractivity contribution in [3.05, 3.63) is 133 Å². The Morgan fingerprint density at radius 3 is 1.72 bits per heavy atom. The number of aryl methyl sites for hydroxylation is 1. The molecule has 264 valence electrons. The average molecular weight is 718 g/mol. The molecule has 0 amide bonds. The predicted octanol–water partition coefficient (Wildman–Crippen LogP) is 8.18. The van der Waals surface area contributed by atoms with Crippen LogP contribution in [0.3, 0.4) is 0 Å². The van der Waals surface area contributed by atoms with Gasteiger partial charge in [-0.15, -0.1) is 0 Å². The molecule has 0 aliphatic rings. The van der Waals surface area contributed by atoms with Crippen LogP contribution < -0.4 is 14.2 Å². The number of pyridine rings is 1. The van der Waals surface area contributed by atoms with E-state index in [2.05, 4.69) is 41.4 Å². The van der Waals surface area contributed by atoms with Crippen molar-refractivity contribution < 1.29 is 36.7 Å². The summed E-state index contributed by atoms with van der Waals surface area (Å²) >= 11 is 0. The van der Waals surface area contributed by atoms with Crippen LogP contribution in [0.25, 0.3) is 0 Å². The van der Waals surface area contributed by atoms with Crippen LogP contribution >= 0.6 is 0 Å². The fourth-order valence-electron chi connectivity index (χ4n) is 4.67. The highest BCUT2D eigenvalue weighted by molar-refractivity contribution is 7.97. The summed E-state index contributed by atoms with van der Waals surface area (Å²) in [6.45, 7) is 11.1. The van der Waals surface area contributed by atoms with Gasteiger partial charge in [-0.2, -0.15) is 0 Å². The van der Waals surface area contributed by atoms with Gasteiger partial charge in [-0.25, -0.2) is 8.42 Å². The normalized spacial score (nSPS) is 12.9. The zero-order valence-corrected chi connectivity index (χ0v) is 30.5. The number of hydrogen-bond donors (Lipinski definition) is 0. The number of hydrogen-bond acceptors (Lipinski definition) is 9. The Bertz CT molecular complexity index is 1780. The number of ether oxygens (including phenoxy) is 5. The van der Waals surface area contributed by atoms with E-state index in [1.54, 1.807) is 18.3 Å². The molecule has 0 aliphatic carbocycles. The van der Waals surface area contributed by atoms with Gasteiger partial charge >= 0.3 is 0 Å². The highest BCUT2D eigenvalue weighted by Gasteiger charge is 2.29. The molecule has 1 heterocycles. The Kier molecular flexibility index (Phi) is 14.7. The lowest BCUT2D eigenvalue weighted by Gasteiger charge is -2.15. The third-order valence-electron chi connectivity index (χ3n) is 6.99. The molecule has 50 heavy (non-hydrogen) atoms.